The van der Waals surface area contributed by atoms with Crippen LogP contribution in [0.25, 0.3) is 0 Å². The fourth-order valence-corrected chi connectivity index (χ4v) is 5.08. The van der Waals surface area contributed by atoms with E-state index in [1.807, 2.05) is 13.8 Å². The van der Waals surface area contributed by atoms with Crippen LogP contribution in [0.5, 0.6) is 0 Å². The van der Waals surface area contributed by atoms with E-state index >= 15 is 0 Å². The fourth-order valence-electron chi connectivity index (χ4n) is 5.08. The van der Waals surface area contributed by atoms with Crippen LogP contribution >= 0.6 is 0 Å². The molecule has 0 aromatic rings. The van der Waals surface area contributed by atoms with Crippen LogP contribution in [0.3, 0.4) is 0 Å². The minimum Gasteiger partial charge on any atom is -0.396 e. The SMILES string of the molecule is CC(C)[C@](CO)(CC(C)(C)C)C(O)OC12CCCC(O)(CCC1)C2. The summed E-state index contributed by atoms with van der Waals surface area (Å²) in [4.78, 5) is 0. The van der Waals surface area contributed by atoms with Crippen molar-refractivity contribution in [1.29, 1.82) is 0 Å². The monoisotopic (exact) mass is 342 g/mol. The number of aliphatic hydroxyl groups is 3. The van der Waals surface area contributed by atoms with E-state index in [0.717, 1.165) is 38.5 Å². The molecule has 4 nitrogen and oxygen atoms in total. The predicted octanol–water partition coefficient (Wildman–Crippen LogP) is 3.62. The summed E-state index contributed by atoms with van der Waals surface area (Å²) in [5.74, 6) is 0.0965. The summed E-state index contributed by atoms with van der Waals surface area (Å²) in [5, 5.41) is 32.0. The molecule has 0 radical (unpaired) electrons. The summed E-state index contributed by atoms with van der Waals surface area (Å²) in [5.41, 5.74) is -1.76. The molecule has 0 aliphatic heterocycles. The fraction of sp³-hybridized carbons (Fsp3) is 1.00. The van der Waals surface area contributed by atoms with Crippen LogP contribution < -0.4 is 0 Å². The third kappa shape index (κ3) is 4.14. The van der Waals surface area contributed by atoms with Crippen LogP contribution in [0.4, 0.5) is 0 Å². The average molecular weight is 343 g/mol. The maximum atomic E-state index is 11.1. The second-order valence-corrected chi connectivity index (χ2v) is 10.0. The molecule has 2 aliphatic carbocycles. The van der Waals surface area contributed by atoms with Gasteiger partial charge >= 0.3 is 0 Å². The molecule has 0 aromatic carbocycles. The van der Waals surface area contributed by atoms with Gasteiger partial charge in [0.2, 0.25) is 0 Å². The van der Waals surface area contributed by atoms with E-state index in [-0.39, 0.29) is 17.9 Å². The molecule has 24 heavy (non-hydrogen) atoms. The van der Waals surface area contributed by atoms with Crippen molar-refractivity contribution in [1.82, 2.24) is 0 Å². The molecule has 0 aromatic heterocycles. The first kappa shape index (κ1) is 20.2. The number of fused-ring (bicyclic) bond motifs is 2. The highest BCUT2D eigenvalue weighted by Crippen LogP contribution is 2.50. The van der Waals surface area contributed by atoms with Crippen LogP contribution in [0, 0.1) is 16.7 Å². The van der Waals surface area contributed by atoms with E-state index in [1.54, 1.807) is 0 Å². The van der Waals surface area contributed by atoms with E-state index in [4.69, 9.17) is 4.74 Å². The van der Waals surface area contributed by atoms with Gasteiger partial charge in [-0.05, 0) is 56.3 Å². The molecule has 142 valence electrons. The van der Waals surface area contributed by atoms with E-state index in [0.29, 0.717) is 12.8 Å². The van der Waals surface area contributed by atoms with Gasteiger partial charge in [-0.15, -0.1) is 0 Å². The molecule has 4 heteroatoms. The third-order valence-electron chi connectivity index (χ3n) is 6.36. The van der Waals surface area contributed by atoms with Crippen LogP contribution in [-0.4, -0.2) is 39.4 Å². The van der Waals surface area contributed by atoms with E-state index in [9.17, 15) is 15.3 Å². The molecule has 1 unspecified atom stereocenters. The van der Waals surface area contributed by atoms with Gasteiger partial charge in [-0.1, -0.05) is 34.6 Å². The second kappa shape index (κ2) is 6.86. The first-order chi connectivity index (χ1) is 11.0. The maximum absolute atomic E-state index is 11.1. The molecule has 0 heterocycles. The summed E-state index contributed by atoms with van der Waals surface area (Å²) in [7, 11) is 0. The topological polar surface area (TPSA) is 69.9 Å². The minimum atomic E-state index is -1.01. The lowest BCUT2D eigenvalue weighted by atomic mass is 9.65. The first-order valence-electron chi connectivity index (χ1n) is 9.65. The van der Waals surface area contributed by atoms with Gasteiger partial charge in [0.05, 0.1) is 17.8 Å². The molecule has 0 saturated heterocycles. The molecule has 2 atom stereocenters. The van der Waals surface area contributed by atoms with E-state index in [1.165, 1.54) is 0 Å². The van der Waals surface area contributed by atoms with Crippen molar-refractivity contribution < 1.29 is 20.1 Å². The third-order valence-corrected chi connectivity index (χ3v) is 6.36. The molecule has 3 N–H and O–H groups in total. The summed E-state index contributed by atoms with van der Waals surface area (Å²) in [6.45, 7) is 10.4. The Bertz CT molecular complexity index is 416. The van der Waals surface area contributed by atoms with Crippen molar-refractivity contribution in [3.8, 4) is 0 Å². The minimum absolute atomic E-state index is 0.0190. The van der Waals surface area contributed by atoms with Crippen LogP contribution in [0.2, 0.25) is 0 Å². The number of aliphatic hydroxyl groups excluding tert-OH is 2. The predicted molar refractivity (Wildman–Crippen MR) is 95.5 cm³/mol. The lowest BCUT2D eigenvalue weighted by molar-refractivity contribution is -0.288. The summed E-state index contributed by atoms with van der Waals surface area (Å²) in [6, 6.07) is 0. The van der Waals surface area contributed by atoms with E-state index in [2.05, 4.69) is 20.8 Å². The molecule has 2 rings (SSSR count). The van der Waals surface area contributed by atoms with Gasteiger partial charge < -0.3 is 20.1 Å². The largest absolute Gasteiger partial charge is 0.396 e. The highest BCUT2D eigenvalue weighted by molar-refractivity contribution is 5.01. The zero-order valence-corrected chi connectivity index (χ0v) is 16.3. The Balaban J connectivity index is 2.22. The number of hydrogen-bond acceptors (Lipinski definition) is 4. The summed E-state index contributed by atoms with van der Waals surface area (Å²) < 4.78 is 6.31. The van der Waals surface area contributed by atoms with Gasteiger partial charge in [0.15, 0.2) is 6.29 Å². The number of rotatable bonds is 6. The van der Waals surface area contributed by atoms with Gasteiger partial charge in [0.1, 0.15) is 0 Å². The van der Waals surface area contributed by atoms with Gasteiger partial charge in [-0.25, -0.2) is 0 Å². The highest BCUT2D eigenvalue weighted by atomic mass is 16.6. The highest BCUT2D eigenvalue weighted by Gasteiger charge is 2.52. The first-order valence-corrected chi connectivity index (χ1v) is 9.65. The molecule has 0 amide bonds. The number of hydrogen-bond donors (Lipinski definition) is 3. The van der Waals surface area contributed by atoms with E-state index < -0.39 is 22.9 Å². The Morgan fingerprint density at radius 1 is 1.04 bits per heavy atom. The van der Waals surface area contributed by atoms with Crippen molar-refractivity contribution in [2.24, 2.45) is 16.7 Å². The Morgan fingerprint density at radius 2 is 1.58 bits per heavy atom. The molecule has 2 saturated carbocycles. The number of ether oxygens (including phenoxy) is 1. The second-order valence-electron chi connectivity index (χ2n) is 10.0. The van der Waals surface area contributed by atoms with Gasteiger partial charge in [0.25, 0.3) is 0 Å². The molecular formula is C20H38O4. The Labute approximate surface area is 147 Å². The van der Waals surface area contributed by atoms with Crippen LogP contribution in [0.15, 0.2) is 0 Å². The van der Waals surface area contributed by atoms with Gasteiger partial charge in [-0.3, -0.25) is 0 Å². The average Bonchev–Trinajstić information content (AvgIpc) is 2.42. The lowest BCUT2D eigenvalue weighted by Gasteiger charge is -2.53. The zero-order valence-electron chi connectivity index (χ0n) is 16.3. The lowest BCUT2D eigenvalue weighted by Crippen LogP contribution is -2.56. The zero-order chi connectivity index (χ0) is 18.2. The Kier molecular flexibility index (Phi) is 5.76. The van der Waals surface area contributed by atoms with Crippen molar-refractivity contribution in [2.75, 3.05) is 6.61 Å². The summed E-state index contributed by atoms with van der Waals surface area (Å²) in [6.07, 6.45) is 5.64. The Morgan fingerprint density at radius 3 is 2.00 bits per heavy atom. The van der Waals surface area contributed by atoms with Crippen LogP contribution in [0.1, 0.15) is 86.0 Å². The smallest absolute Gasteiger partial charge is 0.163 e. The van der Waals surface area contributed by atoms with Crippen molar-refractivity contribution in [3.05, 3.63) is 0 Å². The van der Waals surface area contributed by atoms with Crippen molar-refractivity contribution in [3.63, 3.8) is 0 Å². The van der Waals surface area contributed by atoms with Crippen LogP contribution in [-0.2, 0) is 4.74 Å². The standard InChI is InChI=1S/C20H38O4/c1-15(2)20(14-21,12-17(3,4)5)16(22)24-19-10-6-8-18(23,13-19)9-7-11-19/h15-16,21-23H,6-14H2,1-5H3/t16?,18?,19?,20-/m1/s1. The van der Waals surface area contributed by atoms with Crippen molar-refractivity contribution in [2.45, 2.75) is 103 Å². The molecular weight excluding hydrogens is 304 g/mol. The molecule has 2 fully saturated rings. The van der Waals surface area contributed by atoms with Gasteiger partial charge in [-0.2, -0.15) is 0 Å². The van der Waals surface area contributed by atoms with Crippen molar-refractivity contribution >= 4 is 0 Å². The maximum Gasteiger partial charge on any atom is 0.163 e. The normalized spacial score (nSPS) is 34.9. The quantitative estimate of drug-likeness (QED) is 0.645. The molecule has 2 bridgehead atoms. The molecule has 0 spiro atoms. The molecule has 2 aliphatic rings. The summed E-state index contributed by atoms with van der Waals surface area (Å²) >= 11 is 0. The van der Waals surface area contributed by atoms with Gasteiger partial charge in [0, 0.05) is 11.8 Å². The Hall–Kier alpha value is -0.160.